The molecular formula is C16H15Cl3N2O. The minimum atomic E-state index is -0.121. The van der Waals surface area contributed by atoms with E-state index in [4.69, 9.17) is 34.8 Å². The molecule has 0 aliphatic heterocycles. The molecule has 0 aromatic heterocycles. The molecule has 1 amide bonds. The Morgan fingerprint density at radius 2 is 1.77 bits per heavy atom. The van der Waals surface area contributed by atoms with Gasteiger partial charge in [0.25, 0.3) is 0 Å². The largest absolute Gasteiger partial charge is 0.325 e. The van der Waals surface area contributed by atoms with E-state index in [9.17, 15) is 4.79 Å². The highest BCUT2D eigenvalue weighted by Gasteiger charge is 2.04. The van der Waals surface area contributed by atoms with Crippen LogP contribution in [0.5, 0.6) is 0 Å². The predicted molar refractivity (Wildman–Crippen MR) is 93.1 cm³/mol. The zero-order valence-corrected chi connectivity index (χ0v) is 14.0. The van der Waals surface area contributed by atoms with Crippen molar-refractivity contribution in [3.8, 4) is 0 Å². The van der Waals surface area contributed by atoms with E-state index >= 15 is 0 Å². The number of carbonyl (C=O) groups excluding carboxylic acids is 1. The highest BCUT2D eigenvalue weighted by atomic mass is 35.5. The Morgan fingerprint density at radius 1 is 1.00 bits per heavy atom. The van der Waals surface area contributed by atoms with Gasteiger partial charge in [0.1, 0.15) is 0 Å². The quantitative estimate of drug-likeness (QED) is 0.752. The maximum absolute atomic E-state index is 11.8. The second-order valence-electron chi connectivity index (χ2n) is 4.72. The summed E-state index contributed by atoms with van der Waals surface area (Å²) in [6, 6.07) is 12.4. The molecule has 6 heteroatoms. The van der Waals surface area contributed by atoms with Crippen LogP contribution in [-0.2, 0) is 11.2 Å². The smallest absolute Gasteiger partial charge is 0.238 e. The Hall–Kier alpha value is -1.26. The van der Waals surface area contributed by atoms with Crippen molar-refractivity contribution in [2.75, 3.05) is 18.4 Å². The molecule has 116 valence electrons. The molecule has 0 saturated heterocycles. The molecular weight excluding hydrogens is 343 g/mol. The molecule has 3 nitrogen and oxygen atoms in total. The second-order valence-corrected chi connectivity index (χ2v) is 6.00. The first kappa shape index (κ1) is 17.1. The summed E-state index contributed by atoms with van der Waals surface area (Å²) >= 11 is 17.8. The summed E-state index contributed by atoms with van der Waals surface area (Å²) in [5, 5.41) is 7.68. The molecule has 0 unspecified atom stereocenters. The number of rotatable bonds is 6. The van der Waals surface area contributed by atoms with Crippen LogP contribution in [0, 0.1) is 0 Å². The number of amides is 1. The Labute approximate surface area is 144 Å². The SMILES string of the molecule is O=C(CNCCc1ccc(Cl)cc1Cl)Nc1cccc(Cl)c1. The molecule has 2 aromatic rings. The molecule has 22 heavy (non-hydrogen) atoms. The highest BCUT2D eigenvalue weighted by molar-refractivity contribution is 6.35. The van der Waals surface area contributed by atoms with Gasteiger partial charge in [0, 0.05) is 20.8 Å². The summed E-state index contributed by atoms with van der Waals surface area (Å²) in [6.45, 7) is 0.863. The van der Waals surface area contributed by atoms with Crippen LogP contribution in [0.2, 0.25) is 15.1 Å². The molecule has 0 spiro atoms. The lowest BCUT2D eigenvalue weighted by Crippen LogP contribution is -2.29. The van der Waals surface area contributed by atoms with Gasteiger partial charge in [0.2, 0.25) is 5.91 Å². The molecule has 2 aromatic carbocycles. The van der Waals surface area contributed by atoms with Crippen LogP contribution < -0.4 is 10.6 Å². The zero-order chi connectivity index (χ0) is 15.9. The number of anilines is 1. The Kier molecular flexibility index (Phi) is 6.52. The second kappa shape index (κ2) is 8.39. The molecule has 2 N–H and O–H groups in total. The normalized spacial score (nSPS) is 10.5. The minimum absolute atomic E-state index is 0.121. The maximum atomic E-state index is 11.8. The van der Waals surface area contributed by atoms with Crippen LogP contribution in [0.25, 0.3) is 0 Å². The number of hydrogen-bond donors (Lipinski definition) is 2. The van der Waals surface area contributed by atoms with Gasteiger partial charge in [-0.1, -0.05) is 46.9 Å². The summed E-state index contributed by atoms with van der Waals surface area (Å²) < 4.78 is 0. The molecule has 0 radical (unpaired) electrons. The van der Waals surface area contributed by atoms with Gasteiger partial charge in [-0.05, 0) is 48.9 Å². The number of nitrogens with one attached hydrogen (secondary N) is 2. The summed E-state index contributed by atoms with van der Waals surface area (Å²) in [5.74, 6) is -0.121. The molecule has 0 atom stereocenters. The highest BCUT2D eigenvalue weighted by Crippen LogP contribution is 2.21. The van der Waals surface area contributed by atoms with Crippen molar-refractivity contribution < 1.29 is 4.79 Å². The standard InChI is InChI=1S/C16H15Cl3N2O/c17-12-2-1-3-14(8-12)21-16(22)10-20-7-6-11-4-5-13(18)9-15(11)19/h1-5,8-9,20H,6-7,10H2,(H,21,22). The van der Waals surface area contributed by atoms with E-state index in [2.05, 4.69) is 10.6 Å². The van der Waals surface area contributed by atoms with Crippen LogP contribution in [-0.4, -0.2) is 19.0 Å². The molecule has 0 saturated carbocycles. The fourth-order valence-electron chi connectivity index (χ4n) is 1.92. The van der Waals surface area contributed by atoms with E-state index in [0.717, 1.165) is 12.0 Å². The number of hydrogen-bond acceptors (Lipinski definition) is 2. The average molecular weight is 358 g/mol. The fourth-order valence-corrected chi connectivity index (χ4v) is 2.61. The molecule has 0 fully saturated rings. The van der Waals surface area contributed by atoms with Gasteiger partial charge in [-0.3, -0.25) is 4.79 Å². The van der Waals surface area contributed by atoms with Gasteiger partial charge in [-0.15, -0.1) is 0 Å². The lowest BCUT2D eigenvalue weighted by Gasteiger charge is -2.08. The summed E-state index contributed by atoms with van der Waals surface area (Å²) in [4.78, 5) is 11.8. The lowest BCUT2D eigenvalue weighted by molar-refractivity contribution is -0.115. The molecule has 0 bridgehead atoms. The van der Waals surface area contributed by atoms with Crippen molar-refractivity contribution in [2.24, 2.45) is 0 Å². The Morgan fingerprint density at radius 3 is 2.50 bits per heavy atom. The van der Waals surface area contributed by atoms with E-state index in [1.54, 1.807) is 36.4 Å². The predicted octanol–water partition coefficient (Wildman–Crippen LogP) is 4.42. The van der Waals surface area contributed by atoms with Gasteiger partial charge in [-0.2, -0.15) is 0 Å². The van der Waals surface area contributed by atoms with Gasteiger partial charge >= 0.3 is 0 Å². The van der Waals surface area contributed by atoms with Gasteiger partial charge in [0.05, 0.1) is 6.54 Å². The van der Waals surface area contributed by atoms with Crippen molar-refractivity contribution in [1.29, 1.82) is 0 Å². The van der Waals surface area contributed by atoms with Crippen molar-refractivity contribution in [1.82, 2.24) is 5.32 Å². The first-order valence-corrected chi connectivity index (χ1v) is 7.88. The van der Waals surface area contributed by atoms with Crippen LogP contribution in [0.15, 0.2) is 42.5 Å². The molecule has 0 heterocycles. The Bertz CT molecular complexity index is 662. The van der Waals surface area contributed by atoms with Crippen molar-refractivity contribution in [3.05, 3.63) is 63.1 Å². The average Bonchev–Trinajstić information content (AvgIpc) is 2.45. The Balaban J connectivity index is 1.73. The van der Waals surface area contributed by atoms with E-state index in [0.29, 0.717) is 27.3 Å². The van der Waals surface area contributed by atoms with Crippen molar-refractivity contribution in [2.45, 2.75) is 6.42 Å². The van der Waals surface area contributed by atoms with E-state index in [1.165, 1.54) is 0 Å². The van der Waals surface area contributed by atoms with Gasteiger partial charge in [-0.25, -0.2) is 0 Å². The maximum Gasteiger partial charge on any atom is 0.238 e. The third-order valence-corrected chi connectivity index (χ3v) is 3.80. The van der Waals surface area contributed by atoms with Crippen molar-refractivity contribution >= 4 is 46.4 Å². The summed E-state index contributed by atoms with van der Waals surface area (Å²) in [7, 11) is 0. The summed E-state index contributed by atoms with van der Waals surface area (Å²) in [5.41, 5.74) is 1.67. The van der Waals surface area contributed by atoms with E-state index in [1.807, 2.05) is 6.07 Å². The number of carbonyl (C=O) groups is 1. The topological polar surface area (TPSA) is 41.1 Å². The van der Waals surface area contributed by atoms with Gasteiger partial charge in [0.15, 0.2) is 0 Å². The van der Waals surface area contributed by atoms with Crippen LogP contribution in [0.3, 0.4) is 0 Å². The third-order valence-electron chi connectivity index (χ3n) is 2.98. The van der Waals surface area contributed by atoms with Gasteiger partial charge < -0.3 is 10.6 Å². The lowest BCUT2D eigenvalue weighted by atomic mass is 10.1. The first-order valence-electron chi connectivity index (χ1n) is 6.74. The third kappa shape index (κ3) is 5.50. The van der Waals surface area contributed by atoms with E-state index in [-0.39, 0.29) is 12.5 Å². The van der Waals surface area contributed by atoms with Crippen molar-refractivity contribution in [3.63, 3.8) is 0 Å². The molecule has 2 rings (SSSR count). The van der Waals surface area contributed by atoms with Crippen LogP contribution >= 0.6 is 34.8 Å². The number of halogens is 3. The van der Waals surface area contributed by atoms with Crippen LogP contribution in [0.1, 0.15) is 5.56 Å². The molecule has 0 aliphatic rings. The monoisotopic (exact) mass is 356 g/mol. The first-order chi connectivity index (χ1) is 10.5. The zero-order valence-electron chi connectivity index (χ0n) is 11.7. The van der Waals surface area contributed by atoms with Crippen LogP contribution in [0.4, 0.5) is 5.69 Å². The molecule has 0 aliphatic carbocycles. The summed E-state index contributed by atoms with van der Waals surface area (Å²) in [6.07, 6.45) is 0.723. The van der Waals surface area contributed by atoms with E-state index < -0.39 is 0 Å². The fraction of sp³-hybridized carbons (Fsp3) is 0.188. The minimum Gasteiger partial charge on any atom is -0.325 e. The number of benzene rings is 2.